The number of nitrogens with zero attached hydrogens (tertiary/aromatic N) is 1. The number of hydrogen-bond donors (Lipinski definition) is 2. The van der Waals surface area contributed by atoms with Crippen molar-refractivity contribution in [3.05, 3.63) is 41.9 Å². The number of aliphatic hydroxyl groups is 1. The maximum absolute atomic E-state index is 12.0. The number of aryl methyl sites for hydroxylation is 2. The Balaban J connectivity index is 1.83. The molecule has 2 rings (SSSR count). The molecule has 7 nitrogen and oxygen atoms in total. The van der Waals surface area contributed by atoms with Crippen LogP contribution >= 0.6 is 0 Å². The standard InChI is InChI=1S/C21H28N2O5/c1-14-6-8-15(9-7-14)16-12-22-18(27-16)11-10-17(24)23-13-21(5,26)19(25)28-20(2,3)4/h6-9,12,26H,10-11,13H2,1-5H3,(H,23,24)/t21-/m0/s1. The maximum atomic E-state index is 12.0. The first-order valence-electron chi connectivity index (χ1n) is 9.20. The van der Waals surface area contributed by atoms with Crippen LogP contribution in [0.15, 0.2) is 34.9 Å². The zero-order chi connectivity index (χ0) is 20.9. The topological polar surface area (TPSA) is 102 Å². The van der Waals surface area contributed by atoms with Gasteiger partial charge in [0.1, 0.15) is 5.60 Å². The first kappa shape index (κ1) is 21.6. The van der Waals surface area contributed by atoms with Crippen molar-refractivity contribution in [1.29, 1.82) is 0 Å². The summed E-state index contributed by atoms with van der Waals surface area (Å²) in [5.74, 6) is -0.0115. The number of rotatable bonds is 7. The fourth-order valence-corrected chi connectivity index (χ4v) is 2.32. The fourth-order valence-electron chi connectivity index (χ4n) is 2.32. The van der Waals surface area contributed by atoms with Crippen molar-refractivity contribution in [1.82, 2.24) is 10.3 Å². The van der Waals surface area contributed by atoms with Crippen LogP contribution in [0.25, 0.3) is 11.3 Å². The van der Waals surface area contributed by atoms with Crippen molar-refractivity contribution in [2.45, 2.75) is 58.7 Å². The Morgan fingerprint density at radius 3 is 2.43 bits per heavy atom. The minimum atomic E-state index is -1.80. The van der Waals surface area contributed by atoms with Crippen molar-refractivity contribution in [2.24, 2.45) is 0 Å². The number of oxazole rings is 1. The highest BCUT2D eigenvalue weighted by molar-refractivity contribution is 5.81. The highest BCUT2D eigenvalue weighted by atomic mass is 16.6. The molecule has 1 amide bonds. The largest absolute Gasteiger partial charge is 0.458 e. The third-order valence-corrected chi connectivity index (χ3v) is 3.92. The van der Waals surface area contributed by atoms with Gasteiger partial charge in [0.2, 0.25) is 5.91 Å². The second-order valence-electron chi connectivity index (χ2n) is 8.04. The second-order valence-corrected chi connectivity index (χ2v) is 8.04. The number of ether oxygens (including phenoxy) is 1. The summed E-state index contributed by atoms with van der Waals surface area (Å²) in [6, 6.07) is 7.87. The van der Waals surface area contributed by atoms with E-state index in [0.717, 1.165) is 11.1 Å². The van der Waals surface area contributed by atoms with Crippen LogP contribution in [0.1, 0.15) is 45.6 Å². The molecule has 1 atom stereocenters. The van der Waals surface area contributed by atoms with Crippen molar-refractivity contribution < 1.29 is 23.8 Å². The summed E-state index contributed by atoms with van der Waals surface area (Å²) in [5, 5.41) is 12.8. The molecule has 2 aromatic rings. The average Bonchev–Trinajstić information content (AvgIpc) is 3.06. The van der Waals surface area contributed by atoms with E-state index in [0.29, 0.717) is 18.1 Å². The van der Waals surface area contributed by atoms with Crippen LogP contribution in [-0.2, 0) is 20.7 Å². The molecule has 0 aliphatic carbocycles. The molecule has 1 aromatic heterocycles. The first-order chi connectivity index (χ1) is 13.0. The molecule has 0 radical (unpaired) electrons. The number of esters is 1. The van der Waals surface area contributed by atoms with Crippen molar-refractivity contribution in [3.8, 4) is 11.3 Å². The molecular formula is C21H28N2O5. The monoisotopic (exact) mass is 388 g/mol. The van der Waals surface area contributed by atoms with Crippen LogP contribution in [0.2, 0.25) is 0 Å². The van der Waals surface area contributed by atoms with E-state index in [2.05, 4.69) is 10.3 Å². The van der Waals surface area contributed by atoms with E-state index >= 15 is 0 Å². The van der Waals surface area contributed by atoms with Crippen molar-refractivity contribution in [3.63, 3.8) is 0 Å². The number of carbonyl (C=O) groups excluding carboxylic acids is 2. The summed E-state index contributed by atoms with van der Waals surface area (Å²) >= 11 is 0. The lowest BCUT2D eigenvalue weighted by Crippen LogP contribution is -2.49. The number of benzene rings is 1. The molecule has 28 heavy (non-hydrogen) atoms. The highest BCUT2D eigenvalue weighted by Crippen LogP contribution is 2.21. The van der Waals surface area contributed by atoms with Crippen LogP contribution in [-0.4, -0.2) is 39.7 Å². The summed E-state index contributed by atoms with van der Waals surface area (Å²) < 4.78 is 10.8. The van der Waals surface area contributed by atoms with Gasteiger partial charge in [-0.2, -0.15) is 0 Å². The summed E-state index contributed by atoms with van der Waals surface area (Å²) in [6.07, 6.45) is 2.07. The number of carbonyl (C=O) groups is 2. The van der Waals surface area contributed by atoms with E-state index < -0.39 is 17.2 Å². The number of amides is 1. The van der Waals surface area contributed by atoms with E-state index in [1.54, 1.807) is 27.0 Å². The van der Waals surface area contributed by atoms with Crippen LogP contribution < -0.4 is 5.32 Å². The molecular weight excluding hydrogens is 360 g/mol. The third kappa shape index (κ3) is 6.49. The lowest BCUT2D eigenvalue weighted by molar-refractivity contribution is -0.174. The minimum Gasteiger partial charge on any atom is -0.458 e. The molecule has 0 aliphatic rings. The van der Waals surface area contributed by atoms with E-state index in [-0.39, 0.29) is 18.9 Å². The average molecular weight is 388 g/mol. The Morgan fingerprint density at radius 2 is 1.82 bits per heavy atom. The molecule has 0 unspecified atom stereocenters. The Bertz CT molecular complexity index is 816. The molecule has 0 saturated carbocycles. The van der Waals surface area contributed by atoms with Crippen LogP contribution in [0.3, 0.4) is 0 Å². The van der Waals surface area contributed by atoms with Gasteiger partial charge in [0.05, 0.1) is 12.7 Å². The Hall–Kier alpha value is -2.67. The Labute approximate surface area is 165 Å². The van der Waals surface area contributed by atoms with Crippen LogP contribution in [0, 0.1) is 6.92 Å². The van der Waals surface area contributed by atoms with Gasteiger partial charge in [-0.3, -0.25) is 4.79 Å². The maximum Gasteiger partial charge on any atom is 0.340 e. The zero-order valence-corrected chi connectivity index (χ0v) is 17.0. The Morgan fingerprint density at radius 1 is 1.18 bits per heavy atom. The lowest BCUT2D eigenvalue weighted by Gasteiger charge is -2.27. The minimum absolute atomic E-state index is 0.123. The normalized spacial score (nSPS) is 13.6. The molecule has 1 heterocycles. The van der Waals surface area contributed by atoms with Gasteiger partial charge in [-0.25, -0.2) is 9.78 Å². The number of hydrogen-bond acceptors (Lipinski definition) is 6. The molecule has 0 fully saturated rings. The SMILES string of the molecule is Cc1ccc(-c2cnc(CCC(=O)NC[C@](C)(O)C(=O)OC(C)(C)C)o2)cc1. The molecule has 0 spiro atoms. The molecule has 152 valence electrons. The predicted octanol–water partition coefficient (Wildman–Crippen LogP) is 2.79. The Kier molecular flexibility index (Phi) is 6.61. The van der Waals surface area contributed by atoms with Gasteiger partial charge in [0.15, 0.2) is 17.3 Å². The molecule has 1 aromatic carbocycles. The lowest BCUT2D eigenvalue weighted by atomic mass is 10.1. The van der Waals surface area contributed by atoms with E-state index in [1.165, 1.54) is 6.92 Å². The molecule has 0 saturated heterocycles. The first-order valence-corrected chi connectivity index (χ1v) is 9.20. The molecule has 7 heteroatoms. The van der Waals surface area contributed by atoms with Crippen molar-refractivity contribution >= 4 is 11.9 Å². The van der Waals surface area contributed by atoms with Gasteiger partial charge >= 0.3 is 5.97 Å². The summed E-state index contributed by atoms with van der Waals surface area (Å²) in [6.45, 7) is 8.21. The van der Waals surface area contributed by atoms with Gasteiger partial charge in [0, 0.05) is 18.4 Å². The molecule has 0 bridgehead atoms. The fraction of sp³-hybridized carbons (Fsp3) is 0.476. The zero-order valence-electron chi connectivity index (χ0n) is 17.0. The second kappa shape index (κ2) is 8.56. The van der Waals surface area contributed by atoms with E-state index in [9.17, 15) is 14.7 Å². The summed E-state index contributed by atoms with van der Waals surface area (Å²) in [4.78, 5) is 28.2. The van der Waals surface area contributed by atoms with Gasteiger partial charge in [-0.15, -0.1) is 0 Å². The predicted molar refractivity (Wildman–Crippen MR) is 104 cm³/mol. The van der Waals surface area contributed by atoms with Gasteiger partial charge in [0.25, 0.3) is 0 Å². The van der Waals surface area contributed by atoms with Gasteiger partial charge < -0.3 is 19.6 Å². The summed E-state index contributed by atoms with van der Waals surface area (Å²) in [5.41, 5.74) is -0.444. The van der Waals surface area contributed by atoms with E-state index in [1.807, 2.05) is 31.2 Å². The third-order valence-electron chi connectivity index (χ3n) is 3.92. The quantitative estimate of drug-likeness (QED) is 0.707. The molecule has 2 N–H and O–H groups in total. The smallest absolute Gasteiger partial charge is 0.340 e. The van der Waals surface area contributed by atoms with Gasteiger partial charge in [-0.05, 0) is 34.6 Å². The van der Waals surface area contributed by atoms with E-state index in [4.69, 9.17) is 9.15 Å². The summed E-state index contributed by atoms with van der Waals surface area (Å²) in [7, 11) is 0. The molecule has 0 aliphatic heterocycles. The number of aromatic nitrogens is 1. The number of nitrogens with one attached hydrogen (secondary N) is 1. The highest BCUT2D eigenvalue weighted by Gasteiger charge is 2.35. The van der Waals surface area contributed by atoms with Crippen molar-refractivity contribution in [2.75, 3.05) is 6.54 Å². The van der Waals surface area contributed by atoms with Crippen LogP contribution in [0.4, 0.5) is 0 Å². The van der Waals surface area contributed by atoms with Crippen LogP contribution in [0.5, 0.6) is 0 Å². The van der Waals surface area contributed by atoms with Gasteiger partial charge in [-0.1, -0.05) is 29.8 Å².